The Bertz CT molecular complexity index is 623. The van der Waals surface area contributed by atoms with Crippen LogP contribution in [0.2, 0.25) is 0 Å². The summed E-state index contributed by atoms with van der Waals surface area (Å²) >= 11 is 0. The van der Waals surface area contributed by atoms with Gasteiger partial charge in [-0.2, -0.15) is 0 Å². The van der Waals surface area contributed by atoms with E-state index in [1.54, 1.807) is 13.2 Å². The van der Waals surface area contributed by atoms with Crippen LogP contribution in [-0.4, -0.2) is 44.7 Å². The average molecular weight is 506 g/mol. The van der Waals surface area contributed by atoms with Crippen molar-refractivity contribution in [3.05, 3.63) is 23.8 Å². The second kappa shape index (κ2) is 14.3. The van der Waals surface area contributed by atoms with Crippen molar-refractivity contribution < 1.29 is 14.3 Å². The molecule has 0 aliphatic heterocycles. The van der Waals surface area contributed by atoms with Gasteiger partial charge in [0.05, 0.1) is 13.7 Å². The number of carbonyl (C=O) groups excluding carboxylic acids is 1. The normalized spacial score (nSPS) is 12.0. The van der Waals surface area contributed by atoms with E-state index in [-0.39, 0.29) is 36.5 Å². The van der Waals surface area contributed by atoms with E-state index in [0.717, 1.165) is 18.1 Å². The number of rotatable bonds is 10. The monoisotopic (exact) mass is 506 g/mol. The van der Waals surface area contributed by atoms with E-state index in [4.69, 9.17) is 9.47 Å². The Morgan fingerprint density at radius 1 is 1.11 bits per heavy atom. The summed E-state index contributed by atoms with van der Waals surface area (Å²) in [6.07, 6.45) is 0. The minimum absolute atomic E-state index is 0. The van der Waals surface area contributed by atoms with Gasteiger partial charge >= 0.3 is 0 Å². The Kier molecular flexibility index (Phi) is 13.4. The van der Waals surface area contributed by atoms with Gasteiger partial charge in [-0.3, -0.25) is 4.79 Å². The zero-order chi connectivity index (χ0) is 20.2. The topological polar surface area (TPSA) is 84.0 Å². The summed E-state index contributed by atoms with van der Waals surface area (Å²) in [5, 5.41) is 9.37. The average Bonchev–Trinajstić information content (AvgIpc) is 2.64. The summed E-state index contributed by atoms with van der Waals surface area (Å²) in [7, 11) is 1.58. The van der Waals surface area contributed by atoms with Crippen molar-refractivity contribution >= 4 is 35.8 Å². The molecule has 0 saturated carbocycles. The fourth-order valence-electron chi connectivity index (χ4n) is 2.19. The zero-order valence-corrected chi connectivity index (χ0v) is 20.1. The molecule has 160 valence electrons. The maximum absolute atomic E-state index is 11.5. The third-order valence-corrected chi connectivity index (χ3v) is 4.09. The summed E-state index contributed by atoms with van der Waals surface area (Å²) in [5.74, 6) is 2.26. The quantitative estimate of drug-likeness (QED) is 0.258. The van der Waals surface area contributed by atoms with E-state index in [0.29, 0.717) is 36.5 Å². The fourth-order valence-corrected chi connectivity index (χ4v) is 2.19. The number of amides is 1. The molecule has 8 heteroatoms. The molecule has 0 aliphatic rings. The molecular formula is C20H35IN4O3. The molecule has 0 saturated heterocycles. The minimum atomic E-state index is -0.158. The molecule has 0 heterocycles. The highest BCUT2D eigenvalue weighted by molar-refractivity contribution is 14.0. The zero-order valence-electron chi connectivity index (χ0n) is 17.8. The molecule has 0 spiro atoms. The third-order valence-electron chi connectivity index (χ3n) is 4.09. The lowest BCUT2D eigenvalue weighted by molar-refractivity contribution is -0.123. The summed E-state index contributed by atoms with van der Waals surface area (Å²) in [5.41, 5.74) is 0.992. The molecule has 1 unspecified atom stereocenters. The largest absolute Gasteiger partial charge is 0.493 e. The fraction of sp³-hybridized carbons (Fsp3) is 0.600. The Balaban J connectivity index is 0.00000729. The second-order valence-electron chi connectivity index (χ2n) is 6.60. The maximum atomic E-state index is 11.5. The van der Waals surface area contributed by atoms with Gasteiger partial charge in [0.25, 0.3) is 5.91 Å². The number of aliphatic imine (C=N–C) groups is 1. The van der Waals surface area contributed by atoms with Crippen molar-refractivity contribution in [3.8, 4) is 11.5 Å². The van der Waals surface area contributed by atoms with Crippen LogP contribution in [0.5, 0.6) is 11.5 Å². The number of carbonyl (C=O) groups is 1. The highest BCUT2D eigenvalue weighted by Crippen LogP contribution is 2.28. The highest BCUT2D eigenvalue weighted by Gasteiger charge is 2.10. The number of hydrogen-bond acceptors (Lipinski definition) is 4. The lowest BCUT2D eigenvalue weighted by atomic mass is 10.1. The van der Waals surface area contributed by atoms with Gasteiger partial charge < -0.3 is 25.4 Å². The van der Waals surface area contributed by atoms with Crippen molar-refractivity contribution in [1.29, 1.82) is 0 Å². The number of nitrogens with zero attached hydrogens (tertiary/aromatic N) is 1. The number of methoxy groups -OCH3 is 1. The van der Waals surface area contributed by atoms with Crippen LogP contribution in [0.25, 0.3) is 0 Å². The van der Waals surface area contributed by atoms with Crippen molar-refractivity contribution in [2.75, 3.05) is 26.8 Å². The van der Waals surface area contributed by atoms with Gasteiger partial charge in [0.2, 0.25) is 0 Å². The molecule has 1 aromatic carbocycles. The summed E-state index contributed by atoms with van der Waals surface area (Å²) in [6.45, 7) is 12.2. The van der Waals surface area contributed by atoms with Gasteiger partial charge in [-0.05, 0) is 44.4 Å². The van der Waals surface area contributed by atoms with Gasteiger partial charge in [0.1, 0.15) is 0 Å². The van der Waals surface area contributed by atoms with E-state index in [1.807, 2.05) is 26.0 Å². The Labute approximate surface area is 186 Å². The number of guanidine groups is 1. The van der Waals surface area contributed by atoms with Gasteiger partial charge in [-0.1, -0.05) is 19.9 Å². The third kappa shape index (κ3) is 9.48. The molecule has 0 aromatic heterocycles. The number of likely N-dealkylation sites (N-methyl/N-ethyl adjacent to an activating group) is 1. The van der Waals surface area contributed by atoms with Crippen LogP contribution in [0.3, 0.4) is 0 Å². The number of hydrogen-bond donors (Lipinski definition) is 3. The molecule has 1 atom stereocenters. The maximum Gasteiger partial charge on any atom is 0.257 e. The SMILES string of the molecule is CCNC(=O)COc1ccc(CN=C(NCC)NC(C)C(C)C)cc1OC.I. The van der Waals surface area contributed by atoms with E-state index in [1.165, 1.54) is 0 Å². The Hall–Kier alpha value is -1.71. The Morgan fingerprint density at radius 3 is 2.36 bits per heavy atom. The molecule has 0 bridgehead atoms. The molecule has 1 aromatic rings. The highest BCUT2D eigenvalue weighted by atomic mass is 127. The minimum Gasteiger partial charge on any atom is -0.493 e. The summed E-state index contributed by atoms with van der Waals surface area (Å²) in [6, 6.07) is 5.93. The van der Waals surface area contributed by atoms with Crippen LogP contribution < -0.4 is 25.4 Å². The van der Waals surface area contributed by atoms with Crippen LogP contribution in [0.1, 0.15) is 40.2 Å². The van der Waals surface area contributed by atoms with Crippen LogP contribution in [0.4, 0.5) is 0 Å². The van der Waals surface area contributed by atoms with E-state index in [9.17, 15) is 4.79 Å². The standard InChI is InChI=1S/C20H34N4O3.HI/c1-7-21-19(25)13-27-17-10-9-16(11-18(17)26-6)12-23-20(22-8-2)24-15(5)14(3)4;/h9-11,14-15H,7-8,12-13H2,1-6H3,(H,21,25)(H2,22,23,24);1H. The molecule has 0 fully saturated rings. The van der Waals surface area contributed by atoms with Gasteiger partial charge in [-0.25, -0.2) is 4.99 Å². The van der Waals surface area contributed by atoms with Gasteiger partial charge in [0.15, 0.2) is 24.1 Å². The van der Waals surface area contributed by atoms with Gasteiger partial charge in [0, 0.05) is 19.1 Å². The number of ether oxygens (including phenoxy) is 2. The molecular weight excluding hydrogens is 471 g/mol. The van der Waals surface area contributed by atoms with Crippen molar-refractivity contribution in [2.24, 2.45) is 10.9 Å². The van der Waals surface area contributed by atoms with Crippen molar-refractivity contribution in [3.63, 3.8) is 0 Å². The summed E-state index contributed by atoms with van der Waals surface area (Å²) < 4.78 is 10.9. The Morgan fingerprint density at radius 2 is 1.79 bits per heavy atom. The van der Waals surface area contributed by atoms with Crippen LogP contribution in [-0.2, 0) is 11.3 Å². The number of benzene rings is 1. The second-order valence-corrected chi connectivity index (χ2v) is 6.60. The molecule has 3 N–H and O–H groups in total. The first-order valence-corrected chi connectivity index (χ1v) is 9.52. The summed E-state index contributed by atoms with van der Waals surface area (Å²) in [4.78, 5) is 16.2. The molecule has 0 aliphatic carbocycles. The number of halogens is 1. The first-order valence-electron chi connectivity index (χ1n) is 9.52. The lowest BCUT2D eigenvalue weighted by Gasteiger charge is -2.20. The van der Waals surface area contributed by atoms with Gasteiger partial charge in [-0.15, -0.1) is 24.0 Å². The van der Waals surface area contributed by atoms with E-state index < -0.39 is 0 Å². The first kappa shape index (κ1) is 26.3. The lowest BCUT2D eigenvalue weighted by Crippen LogP contribution is -2.44. The smallest absolute Gasteiger partial charge is 0.257 e. The molecule has 28 heavy (non-hydrogen) atoms. The van der Waals surface area contributed by atoms with E-state index >= 15 is 0 Å². The van der Waals surface area contributed by atoms with Crippen LogP contribution >= 0.6 is 24.0 Å². The first-order chi connectivity index (χ1) is 12.9. The van der Waals surface area contributed by atoms with E-state index in [2.05, 4.69) is 41.7 Å². The van der Waals surface area contributed by atoms with Crippen molar-refractivity contribution in [1.82, 2.24) is 16.0 Å². The number of nitrogens with one attached hydrogen (secondary N) is 3. The van der Waals surface area contributed by atoms with Crippen LogP contribution in [0, 0.1) is 5.92 Å². The molecule has 7 nitrogen and oxygen atoms in total. The molecule has 1 amide bonds. The van der Waals surface area contributed by atoms with Crippen molar-refractivity contribution in [2.45, 2.75) is 47.2 Å². The molecule has 0 radical (unpaired) electrons. The predicted octanol–water partition coefficient (Wildman–Crippen LogP) is 2.93. The van der Waals surface area contributed by atoms with Crippen LogP contribution in [0.15, 0.2) is 23.2 Å². The molecule has 1 rings (SSSR count). The predicted molar refractivity (Wildman–Crippen MR) is 125 cm³/mol.